The summed E-state index contributed by atoms with van der Waals surface area (Å²) in [6.45, 7) is 0. The minimum absolute atomic E-state index is 0.194. The molecule has 0 saturated heterocycles. The highest BCUT2D eigenvalue weighted by Crippen LogP contribution is 2.20. The molecule has 0 radical (unpaired) electrons. The van der Waals surface area contributed by atoms with E-state index in [4.69, 9.17) is 4.52 Å². The monoisotopic (exact) mass is 332 g/mol. The third kappa shape index (κ3) is 3.13. The van der Waals surface area contributed by atoms with E-state index in [1.165, 1.54) is 6.33 Å². The van der Waals surface area contributed by atoms with Crippen LogP contribution in [0.5, 0.6) is 0 Å². The normalized spacial score (nSPS) is 10.6. The summed E-state index contributed by atoms with van der Waals surface area (Å²) in [5.74, 6) is 0.132. The van der Waals surface area contributed by atoms with Crippen molar-refractivity contribution >= 4 is 11.6 Å². The van der Waals surface area contributed by atoms with Gasteiger partial charge in [0.15, 0.2) is 11.5 Å². The van der Waals surface area contributed by atoms with Gasteiger partial charge in [-0.2, -0.15) is 5.10 Å². The van der Waals surface area contributed by atoms with Crippen molar-refractivity contribution < 1.29 is 9.32 Å². The van der Waals surface area contributed by atoms with Gasteiger partial charge in [0.2, 0.25) is 0 Å². The van der Waals surface area contributed by atoms with Crippen LogP contribution in [0.3, 0.4) is 0 Å². The summed E-state index contributed by atoms with van der Waals surface area (Å²) in [4.78, 5) is 20.2. The predicted molar refractivity (Wildman–Crippen MR) is 89.0 cm³/mol. The molecule has 0 aliphatic rings. The third-order valence-corrected chi connectivity index (χ3v) is 3.50. The Morgan fingerprint density at radius 1 is 1.12 bits per heavy atom. The molecule has 25 heavy (non-hydrogen) atoms. The lowest BCUT2D eigenvalue weighted by molar-refractivity contribution is 0.101. The highest BCUT2D eigenvalue weighted by Gasteiger charge is 2.14. The number of anilines is 1. The third-order valence-electron chi connectivity index (χ3n) is 3.50. The van der Waals surface area contributed by atoms with Crippen LogP contribution in [0.1, 0.15) is 10.5 Å². The van der Waals surface area contributed by atoms with Gasteiger partial charge in [-0.15, -0.1) is 0 Å². The standard InChI is InChI=1S/C17H12N6O2/c24-17(15-8-16(25-22-15)12-2-1-7-18-9-12)21-13-3-5-14(6-4-13)23-11-19-10-20-23/h1-11H,(H,21,24). The van der Waals surface area contributed by atoms with Crippen LogP contribution in [0.25, 0.3) is 17.0 Å². The van der Waals surface area contributed by atoms with E-state index in [9.17, 15) is 4.79 Å². The zero-order valence-corrected chi connectivity index (χ0v) is 12.9. The minimum atomic E-state index is -0.354. The number of hydrogen-bond acceptors (Lipinski definition) is 6. The van der Waals surface area contributed by atoms with E-state index in [0.29, 0.717) is 11.4 Å². The van der Waals surface area contributed by atoms with Crippen LogP contribution in [0.4, 0.5) is 5.69 Å². The van der Waals surface area contributed by atoms with E-state index in [0.717, 1.165) is 11.3 Å². The molecule has 0 atom stereocenters. The van der Waals surface area contributed by atoms with Gasteiger partial charge in [0, 0.05) is 29.7 Å². The van der Waals surface area contributed by atoms with Crippen molar-refractivity contribution in [1.82, 2.24) is 24.9 Å². The van der Waals surface area contributed by atoms with Crippen LogP contribution in [0, 0.1) is 0 Å². The Morgan fingerprint density at radius 3 is 2.72 bits per heavy atom. The number of carbonyl (C=O) groups excluding carboxylic acids is 1. The van der Waals surface area contributed by atoms with Crippen molar-refractivity contribution in [3.8, 4) is 17.0 Å². The van der Waals surface area contributed by atoms with Gasteiger partial charge in [0.1, 0.15) is 12.7 Å². The Hall–Kier alpha value is -3.81. The number of aromatic nitrogens is 5. The molecular formula is C17H12N6O2. The van der Waals surface area contributed by atoms with E-state index in [1.54, 1.807) is 47.7 Å². The Morgan fingerprint density at radius 2 is 2.00 bits per heavy atom. The number of rotatable bonds is 4. The van der Waals surface area contributed by atoms with Crippen molar-refractivity contribution in [3.05, 3.63) is 73.2 Å². The van der Waals surface area contributed by atoms with Gasteiger partial charge >= 0.3 is 0 Å². The first-order valence-corrected chi connectivity index (χ1v) is 7.43. The molecule has 8 heteroatoms. The molecule has 4 rings (SSSR count). The van der Waals surface area contributed by atoms with Crippen molar-refractivity contribution in [2.45, 2.75) is 0 Å². The molecular weight excluding hydrogens is 320 g/mol. The second kappa shape index (κ2) is 6.36. The molecule has 1 amide bonds. The van der Waals surface area contributed by atoms with Gasteiger partial charge in [-0.3, -0.25) is 9.78 Å². The van der Waals surface area contributed by atoms with E-state index in [2.05, 4.69) is 25.5 Å². The molecule has 1 N–H and O–H groups in total. The summed E-state index contributed by atoms with van der Waals surface area (Å²) in [5, 5.41) is 10.6. The highest BCUT2D eigenvalue weighted by atomic mass is 16.5. The summed E-state index contributed by atoms with van der Waals surface area (Å²) < 4.78 is 6.84. The molecule has 4 aromatic rings. The molecule has 1 aromatic carbocycles. The Bertz CT molecular complexity index is 978. The second-order valence-electron chi connectivity index (χ2n) is 5.16. The topological polar surface area (TPSA) is 98.7 Å². The van der Waals surface area contributed by atoms with Crippen LogP contribution in [-0.4, -0.2) is 30.8 Å². The highest BCUT2D eigenvalue weighted by molar-refractivity contribution is 6.03. The lowest BCUT2D eigenvalue weighted by Gasteiger charge is -2.04. The van der Waals surface area contributed by atoms with Crippen LogP contribution in [0.15, 0.2) is 72.0 Å². The molecule has 3 aromatic heterocycles. The number of carbonyl (C=O) groups is 1. The molecule has 0 unspecified atom stereocenters. The molecule has 0 aliphatic carbocycles. The molecule has 3 heterocycles. The number of benzene rings is 1. The number of pyridine rings is 1. The fourth-order valence-electron chi connectivity index (χ4n) is 2.26. The lowest BCUT2D eigenvalue weighted by Crippen LogP contribution is -2.12. The fraction of sp³-hybridized carbons (Fsp3) is 0. The quantitative estimate of drug-likeness (QED) is 0.616. The average Bonchev–Trinajstić information content (AvgIpc) is 3.35. The molecule has 0 aliphatic heterocycles. The van der Waals surface area contributed by atoms with Crippen molar-refractivity contribution in [3.63, 3.8) is 0 Å². The average molecular weight is 332 g/mol. The molecule has 0 spiro atoms. The van der Waals surface area contributed by atoms with Crippen molar-refractivity contribution in [2.24, 2.45) is 0 Å². The Kier molecular flexibility index (Phi) is 3.76. The van der Waals surface area contributed by atoms with Crippen LogP contribution in [0.2, 0.25) is 0 Å². The van der Waals surface area contributed by atoms with E-state index < -0.39 is 0 Å². The number of nitrogens with zero attached hydrogens (tertiary/aromatic N) is 5. The van der Waals surface area contributed by atoms with Gasteiger partial charge in [-0.1, -0.05) is 5.16 Å². The van der Waals surface area contributed by atoms with Gasteiger partial charge in [0.25, 0.3) is 5.91 Å². The smallest absolute Gasteiger partial charge is 0.277 e. The maximum Gasteiger partial charge on any atom is 0.277 e. The van der Waals surface area contributed by atoms with E-state index in [1.807, 2.05) is 18.2 Å². The molecule has 0 saturated carbocycles. The van der Waals surface area contributed by atoms with Gasteiger partial charge in [-0.25, -0.2) is 9.67 Å². The van der Waals surface area contributed by atoms with E-state index >= 15 is 0 Å². The summed E-state index contributed by atoms with van der Waals surface area (Å²) >= 11 is 0. The van der Waals surface area contributed by atoms with Crippen LogP contribution < -0.4 is 5.32 Å². The maximum absolute atomic E-state index is 12.3. The first-order chi connectivity index (χ1) is 12.3. The molecule has 0 bridgehead atoms. The zero-order valence-electron chi connectivity index (χ0n) is 12.9. The number of hydrogen-bond donors (Lipinski definition) is 1. The summed E-state index contributed by atoms with van der Waals surface area (Å²) in [7, 11) is 0. The Balaban J connectivity index is 1.48. The maximum atomic E-state index is 12.3. The Labute approximate surface area is 142 Å². The second-order valence-corrected chi connectivity index (χ2v) is 5.16. The largest absolute Gasteiger partial charge is 0.355 e. The first-order valence-electron chi connectivity index (χ1n) is 7.43. The number of amides is 1. The summed E-state index contributed by atoms with van der Waals surface area (Å²) in [6, 6.07) is 12.4. The fourth-order valence-corrected chi connectivity index (χ4v) is 2.26. The van der Waals surface area contributed by atoms with Crippen LogP contribution in [-0.2, 0) is 0 Å². The molecule has 122 valence electrons. The molecule has 8 nitrogen and oxygen atoms in total. The van der Waals surface area contributed by atoms with E-state index in [-0.39, 0.29) is 11.6 Å². The lowest BCUT2D eigenvalue weighted by atomic mass is 10.2. The molecule has 0 fully saturated rings. The SMILES string of the molecule is O=C(Nc1ccc(-n2cncn2)cc1)c1cc(-c2cccnc2)on1. The first kappa shape index (κ1) is 14.8. The van der Waals surface area contributed by atoms with Crippen LogP contribution >= 0.6 is 0 Å². The number of nitrogens with one attached hydrogen (secondary N) is 1. The van der Waals surface area contributed by atoms with Crippen molar-refractivity contribution in [1.29, 1.82) is 0 Å². The zero-order chi connectivity index (χ0) is 17.1. The summed E-state index contributed by atoms with van der Waals surface area (Å²) in [6.07, 6.45) is 6.37. The van der Waals surface area contributed by atoms with Gasteiger partial charge in [-0.05, 0) is 36.4 Å². The summed E-state index contributed by atoms with van der Waals surface area (Å²) in [5.41, 5.74) is 2.43. The predicted octanol–water partition coefficient (Wildman–Crippen LogP) is 2.57. The van der Waals surface area contributed by atoms with Crippen molar-refractivity contribution in [2.75, 3.05) is 5.32 Å². The van der Waals surface area contributed by atoms with Gasteiger partial charge < -0.3 is 9.84 Å². The van der Waals surface area contributed by atoms with Gasteiger partial charge in [0.05, 0.1) is 5.69 Å². The minimum Gasteiger partial charge on any atom is -0.355 e.